The van der Waals surface area contributed by atoms with Gasteiger partial charge in [0.2, 0.25) is 0 Å². The summed E-state index contributed by atoms with van der Waals surface area (Å²) in [6, 6.07) is 11.3. The molecule has 3 rings (SSSR count). The number of nitrogens with one attached hydrogen (secondary N) is 2. The Morgan fingerprint density at radius 3 is 2.26 bits per heavy atom. The standard InChI is InChI=1S/C25H29F3N6O3S/c1-24(2,38(36,37)19-8-6-5-7-18(19)25(26,27)28)20-15-21(29)33-22(32-20)16-9-11-17(12-10-16)31-23(35)30-13-14-34(3)4/h5-12,15H,13-14H2,1-4H3,(H2,29,32,33)(H2,30,31,35). The van der Waals surface area contributed by atoms with Gasteiger partial charge in [-0.05, 0) is 64.3 Å². The maximum absolute atomic E-state index is 13.6. The van der Waals surface area contributed by atoms with Crippen molar-refractivity contribution in [3.05, 3.63) is 65.9 Å². The molecule has 0 aliphatic carbocycles. The molecule has 0 spiro atoms. The Kier molecular flexibility index (Phi) is 8.32. The molecular formula is C25H29F3N6O3S. The van der Waals surface area contributed by atoms with Crippen LogP contribution in [-0.4, -0.2) is 56.5 Å². The van der Waals surface area contributed by atoms with Crippen LogP contribution in [0.4, 0.5) is 29.5 Å². The molecule has 0 aliphatic heterocycles. The number of alkyl halides is 3. The average Bonchev–Trinajstić information content (AvgIpc) is 2.83. The van der Waals surface area contributed by atoms with Crippen molar-refractivity contribution >= 4 is 27.4 Å². The molecule has 2 aromatic carbocycles. The first-order chi connectivity index (χ1) is 17.6. The van der Waals surface area contributed by atoms with Crippen LogP contribution in [-0.2, 0) is 20.8 Å². The minimum atomic E-state index is -4.87. The third-order valence-electron chi connectivity index (χ3n) is 5.76. The first kappa shape index (κ1) is 28.9. The van der Waals surface area contributed by atoms with Gasteiger partial charge in [0.05, 0.1) is 16.2 Å². The smallest absolute Gasteiger partial charge is 0.384 e. The van der Waals surface area contributed by atoms with Crippen LogP contribution in [0.15, 0.2) is 59.5 Å². The van der Waals surface area contributed by atoms with Crippen LogP contribution in [0.1, 0.15) is 25.1 Å². The van der Waals surface area contributed by atoms with E-state index in [9.17, 15) is 26.4 Å². The summed E-state index contributed by atoms with van der Waals surface area (Å²) in [6.45, 7) is 3.67. The summed E-state index contributed by atoms with van der Waals surface area (Å²) in [5.74, 6) is 0.0224. The molecule has 38 heavy (non-hydrogen) atoms. The maximum Gasteiger partial charge on any atom is 0.417 e. The third-order valence-corrected chi connectivity index (χ3v) is 8.25. The minimum Gasteiger partial charge on any atom is -0.384 e. The number of hydrogen-bond acceptors (Lipinski definition) is 7. The second-order valence-corrected chi connectivity index (χ2v) is 11.7. The first-order valence-corrected chi connectivity index (χ1v) is 13.0. The number of amides is 2. The van der Waals surface area contributed by atoms with Gasteiger partial charge in [0.25, 0.3) is 0 Å². The van der Waals surface area contributed by atoms with Crippen molar-refractivity contribution in [3.63, 3.8) is 0 Å². The van der Waals surface area contributed by atoms with Crippen molar-refractivity contribution in [2.75, 3.05) is 38.2 Å². The van der Waals surface area contributed by atoms with Crippen molar-refractivity contribution in [1.82, 2.24) is 20.2 Å². The van der Waals surface area contributed by atoms with Gasteiger partial charge in [-0.2, -0.15) is 13.2 Å². The summed E-state index contributed by atoms with van der Waals surface area (Å²) in [4.78, 5) is 21.6. The number of nitrogen functional groups attached to an aromatic ring is 1. The molecule has 13 heteroatoms. The van der Waals surface area contributed by atoms with E-state index in [1.807, 2.05) is 19.0 Å². The highest BCUT2D eigenvalue weighted by Crippen LogP contribution is 2.41. The molecule has 0 fully saturated rings. The van der Waals surface area contributed by atoms with Gasteiger partial charge in [0, 0.05) is 30.4 Å². The van der Waals surface area contributed by atoms with Crippen molar-refractivity contribution in [2.45, 2.75) is 29.7 Å². The lowest BCUT2D eigenvalue weighted by Gasteiger charge is -2.26. The minimum absolute atomic E-state index is 0.0557. The second-order valence-electron chi connectivity index (χ2n) is 9.27. The van der Waals surface area contributed by atoms with E-state index in [2.05, 4.69) is 20.6 Å². The van der Waals surface area contributed by atoms with Crippen LogP contribution in [0.25, 0.3) is 11.4 Å². The van der Waals surface area contributed by atoms with Crippen LogP contribution in [0, 0.1) is 0 Å². The van der Waals surface area contributed by atoms with E-state index in [-0.39, 0.29) is 23.4 Å². The number of carbonyl (C=O) groups excluding carboxylic acids is 1. The third kappa shape index (κ3) is 6.40. The van der Waals surface area contributed by atoms with Gasteiger partial charge < -0.3 is 21.3 Å². The van der Waals surface area contributed by atoms with E-state index in [0.717, 1.165) is 18.2 Å². The SMILES string of the molecule is CN(C)CCNC(=O)Nc1ccc(-c2nc(N)cc(C(C)(C)S(=O)(=O)c3ccccc3C(F)(F)F)n2)cc1. The van der Waals surface area contributed by atoms with Crippen molar-refractivity contribution in [3.8, 4) is 11.4 Å². The summed E-state index contributed by atoms with van der Waals surface area (Å²) in [5.41, 5.74) is 5.57. The zero-order chi connectivity index (χ0) is 28.3. The predicted octanol–water partition coefficient (Wildman–Crippen LogP) is 4.14. The van der Waals surface area contributed by atoms with E-state index in [1.54, 1.807) is 24.3 Å². The highest BCUT2D eigenvalue weighted by atomic mass is 32.2. The first-order valence-electron chi connectivity index (χ1n) is 11.5. The molecule has 1 aromatic heterocycles. The van der Waals surface area contributed by atoms with Crippen molar-refractivity contribution in [2.24, 2.45) is 0 Å². The van der Waals surface area contributed by atoms with Gasteiger partial charge in [-0.15, -0.1) is 0 Å². The monoisotopic (exact) mass is 550 g/mol. The fourth-order valence-electron chi connectivity index (χ4n) is 3.52. The zero-order valence-corrected chi connectivity index (χ0v) is 22.1. The van der Waals surface area contributed by atoms with Gasteiger partial charge in [0.15, 0.2) is 15.7 Å². The van der Waals surface area contributed by atoms with Gasteiger partial charge in [-0.3, -0.25) is 0 Å². The Balaban J connectivity index is 1.91. The largest absolute Gasteiger partial charge is 0.417 e. The number of rotatable bonds is 8. The number of anilines is 2. The lowest BCUT2D eigenvalue weighted by atomic mass is 10.1. The molecule has 4 N–H and O–H groups in total. The fourth-order valence-corrected chi connectivity index (χ4v) is 5.18. The number of hydrogen-bond donors (Lipinski definition) is 3. The number of benzene rings is 2. The molecule has 204 valence electrons. The van der Waals surface area contributed by atoms with Gasteiger partial charge in [0.1, 0.15) is 10.6 Å². The molecule has 0 aliphatic rings. The lowest BCUT2D eigenvalue weighted by molar-refractivity contribution is -0.139. The van der Waals surface area contributed by atoms with Crippen LogP contribution in [0.5, 0.6) is 0 Å². The highest BCUT2D eigenvalue weighted by molar-refractivity contribution is 7.92. The number of sulfone groups is 1. The van der Waals surface area contributed by atoms with Crippen molar-refractivity contribution in [1.29, 1.82) is 0 Å². The Labute approximate surface area is 219 Å². The summed E-state index contributed by atoms with van der Waals surface area (Å²) < 4.78 is 65.8. The quantitative estimate of drug-likeness (QED) is 0.384. The van der Waals surface area contributed by atoms with Gasteiger partial charge in [-0.25, -0.2) is 23.2 Å². The Hall–Kier alpha value is -3.71. The maximum atomic E-state index is 13.6. The van der Waals surface area contributed by atoms with Crippen LogP contribution in [0.3, 0.4) is 0 Å². The van der Waals surface area contributed by atoms with Crippen LogP contribution >= 0.6 is 0 Å². The molecule has 0 atom stereocenters. The normalized spacial score (nSPS) is 12.4. The molecule has 0 unspecified atom stereocenters. The molecule has 9 nitrogen and oxygen atoms in total. The summed E-state index contributed by atoms with van der Waals surface area (Å²) in [7, 11) is -0.800. The molecule has 3 aromatic rings. The molecule has 0 saturated carbocycles. The average molecular weight is 551 g/mol. The summed E-state index contributed by atoms with van der Waals surface area (Å²) in [6.07, 6.45) is -4.87. The van der Waals surface area contributed by atoms with Crippen LogP contribution in [0.2, 0.25) is 0 Å². The van der Waals surface area contributed by atoms with Gasteiger partial charge >= 0.3 is 12.2 Å². The summed E-state index contributed by atoms with van der Waals surface area (Å²) in [5, 5.41) is 5.41. The zero-order valence-electron chi connectivity index (χ0n) is 21.3. The number of nitrogens with zero attached hydrogens (tertiary/aromatic N) is 3. The number of carbonyl (C=O) groups is 1. The number of likely N-dealkylation sites (N-methyl/N-ethyl adjacent to an activating group) is 1. The van der Waals surface area contributed by atoms with E-state index in [4.69, 9.17) is 5.73 Å². The fraction of sp³-hybridized carbons (Fsp3) is 0.320. The molecule has 0 radical (unpaired) electrons. The lowest BCUT2D eigenvalue weighted by Crippen LogP contribution is -2.34. The van der Waals surface area contributed by atoms with E-state index in [1.165, 1.54) is 26.0 Å². The molecule has 0 bridgehead atoms. The number of halogens is 3. The Bertz CT molecular complexity index is 1410. The summed E-state index contributed by atoms with van der Waals surface area (Å²) >= 11 is 0. The number of aromatic nitrogens is 2. The van der Waals surface area contributed by atoms with Crippen LogP contribution < -0.4 is 16.4 Å². The van der Waals surface area contributed by atoms with E-state index < -0.39 is 31.2 Å². The van der Waals surface area contributed by atoms with Gasteiger partial charge in [-0.1, -0.05) is 12.1 Å². The highest BCUT2D eigenvalue weighted by Gasteiger charge is 2.45. The molecule has 1 heterocycles. The molecule has 2 amide bonds. The number of nitrogens with two attached hydrogens (primary N) is 1. The van der Waals surface area contributed by atoms with Crippen molar-refractivity contribution < 1.29 is 26.4 Å². The second kappa shape index (κ2) is 11.0. The molecule has 0 saturated heterocycles. The Morgan fingerprint density at radius 2 is 1.66 bits per heavy atom. The topological polar surface area (TPSA) is 130 Å². The Morgan fingerprint density at radius 1 is 1.03 bits per heavy atom. The molecular weight excluding hydrogens is 521 g/mol. The predicted molar refractivity (Wildman–Crippen MR) is 139 cm³/mol. The van der Waals surface area contributed by atoms with E-state index in [0.29, 0.717) is 24.3 Å². The van der Waals surface area contributed by atoms with E-state index >= 15 is 0 Å². The number of urea groups is 1.